The van der Waals surface area contributed by atoms with Crippen LogP contribution in [-0.2, 0) is 13.6 Å². The standard InChI is InChI=1S/C17H24ClN5.ClH/c1-21-16-3-2-13(18)10-15(16)20-17(21)12-22-7-4-14(11-22)23-8-5-19-6-9-23;/h2-3,10,14,19H,4-9,11-12H2,1H3;1H. The molecule has 132 valence electrons. The molecule has 0 amide bonds. The van der Waals surface area contributed by atoms with Gasteiger partial charge in [0.05, 0.1) is 17.6 Å². The SMILES string of the molecule is Cl.Cn1c(CN2CCC(N3CCNCC3)C2)nc2cc(Cl)ccc21. The van der Waals surface area contributed by atoms with Gasteiger partial charge in [-0.2, -0.15) is 0 Å². The van der Waals surface area contributed by atoms with E-state index in [0.29, 0.717) is 6.04 Å². The molecule has 1 unspecified atom stereocenters. The van der Waals surface area contributed by atoms with Crippen LogP contribution in [0.4, 0.5) is 0 Å². The topological polar surface area (TPSA) is 36.3 Å². The molecule has 24 heavy (non-hydrogen) atoms. The van der Waals surface area contributed by atoms with E-state index in [1.165, 1.54) is 26.1 Å². The first kappa shape index (κ1) is 18.0. The quantitative estimate of drug-likeness (QED) is 0.898. The van der Waals surface area contributed by atoms with Crippen LogP contribution < -0.4 is 5.32 Å². The molecule has 0 aliphatic carbocycles. The average Bonchev–Trinajstić information content (AvgIpc) is 3.14. The Kier molecular flexibility index (Phi) is 5.67. The molecule has 2 aliphatic rings. The summed E-state index contributed by atoms with van der Waals surface area (Å²) in [7, 11) is 2.10. The zero-order valence-corrected chi connectivity index (χ0v) is 15.6. The zero-order chi connectivity index (χ0) is 15.8. The van der Waals surface area contributed by atoms with E-state index in [1.54, 1.807) is 0 Å². The molecule has 5 nitrogen and oxygen atoms in total. The van der Waals surface area contributed by atoms with Crippen LogP contribution in [0.2, 0.25) is 5.02 Å². The Labute approximate surface area is 154 Å². The van der Waals surface area contributed by atoms with Gasteiger partial charge in [0.15, 0.2) is 0 Å². The van der Waals surface area contributed by atoms with Crippen molar-refractivity contribution in [3.05, 3.63) is 29.0 Å². The number of imidazole rings is 1. The van der Waals surface area contributed by atoms with Crippen LogP contribution in [0.15, 0.2) is 18.2 Å². The van der Waals surface area contributed by atoms with E-state index < -0.39 is 0 Å². The number of nitrogens with zero attached hydrogens (tertiary/aromatic N) is 4. The van der Waals surface area contributed by atoms with Crippen molar-refractivity contribution in [1.29, 1.82) is 0 Å². The number of nitrogens with one attached hydrogen (secondary N) is 1. The first-order valence-electron chi connectivity index (χ1n) is 8.49. The largest absolute Gasteiger partial charge is 0.330 e. The average molecular weight is 370 g/mol. The molecule has 1 aromatic heterocycles. The monoisotopic (exact) mass is 369 g/mol. The van der Waals surface area contributed by atoms with E-state index in [-0.39, 0.29) is 12.4 Å². The molecular weight excluding hydrogens is 345 g/mol. The van der Waals surface area contributed by atoms with Crippen LogP contribution in [0.25, 0.3) is 11.0 Å². The lowest BCUT2D eigenvalue weighted by Gasteiger charge is -2.32. The fourth-order valence-electron chi connectivity index (χ4n) is 3.87. The minimum absolute atomic E-state index is 0. The smallest absolute Gasteiger partial charge is 0.123 e. The molecule has 2 aliphatic heterocycles. The molecule has 1 atom stereocenters. The number of rotatable bonds is 3. The molecule has 7 heteroatoms. The van der Waals surface area contributed by atoms with E-state index in [2.05, 4.69) is 32.8 Å². The number of benzene rings is 1. The van der Waals surface area contributed by atoms with E-state index in [0.717, 1.165) is 48.1 Å². The second-order valence-electron chi connectivity index (χ2n) is 6.68. The van der Waals surface area contributed by atoms with Crippen LogP contribution in [0.5, 0.6) is 0 Å². The van der Waals surface area contributed by atoms with Gasteiger partial charge in [0.25, 0.3) is 0 Å². The molecule has 3 heterocycles. The summed E-state index contributed by atoms with van der Waals surface area (Å²) in [5, 5.41) is 4.19. The highest BCUT2D eigenvalue weighted by Gasteiger charge is 2.29. The summed E-state index contributed by atoms with van der Waals surface area (Å²) >= 11 is 6.09. The summed E-state index contributed by atoms with van der Waals surface area (Å²) < 4.78 is 2.20. The minimum Gasteiger partial charge on any atom is -0.330 e. The third-order valence-corrected chi connectivity index (χ3v) is 5.45. The van der Waals surface area contributed by atoms with Crippen LogP contribution in [0.3, 0.4) is 0 Å². The Hall–Kier alpha value is -0.850. The van der Waals surface area contributed by atoms with Gasteiger partial charge in [0.2, 0.25) is 0 Å². The van der Waals surface area contributed by atoms with Gasteiger partial charge in [0, 0.05) is 57.4 Å². The van der Waals surface area contributed by atoms with E-state index >= 15 is 0 Å². The number of hydrogen-bond acceptors (Lipinski definition) is 4. The predicted molar refractivity (Wildman–Crippen MR) is 101 cm³/mol. The second kappa shape index (κ2) is 7.58. The fraction of sp³-hybridized carbons (Fsp3) is 0.588. The van der Waals surface area contributed by atoms with Crippen molar-refractivity contribution in [2.75, 3.05) is 39.3 Å². The van der Waals surface area contributed by atoms with E-state index in [1.807, 2.05) is 12.1 Å². The number of aromatic nitrogens is 2. The molecule has 4 rings (SSSR count). The lowest BCUT2D eigenvalue weighted by atomic mass is 10.2. The maximum atomic E-state index is 6.09. The minimum atomic E-state index is 0. The number of likely N-dealkylation sites (tertiary alicyclic amines) is 1. The van der Waals surface area contributed by atoms with Crippen LogP contribution in [-0.4, -0.2) is 64.7 Å². The highest BCUT2D eigenvalue weighted by atomic mass is 35.5. The van der Waals surface area contributed by atoms with E-state index in [4.69, 9.17) is 16.6 Å². The summed E-state index contributed by atoms with van der Waals surface area (Å²) in [5.74, 6) is 1.13. The van der Waals surface area contributed by atoms with Crippen molar-refractivity contribution < 1.29 is 0 Å². The number of aryl methyl sites for hydroxylation is 1. The lowest BCUT2D eigenvalue weighted by Crippen LogP contribution is -2.49. The van der Waals surface area contributed by atoms with Gasteiger partial charge in [-0.1, -0.05) is 11.6 Å². The Morgan fingerprint density at radius 3 is 2.83 bits per heavy atom. The van der Waals surface area contributed by atoms with Crippen molar-refractivity contribution in [3.63, 3.8) is 0 Å². The van der Waals surface area contributed by atoms with E-state index in [9.17, 15) is 0 Å². The molecule has 1 aromatic carbocycles. The summed E-state index contributed by atoms with van der Waals surface area (Å²) in [6.45, 7) is 7.87. The molecule has 0 radical (unpaired) electrons. The third-order valence-electron chi connectivity index (χ3n) is 5.22. The number of hydrogen-bond donors (Lipinski definition) is 1. The lowest BCUT2D eigenvalue weighted by molar-refractivity contribution is 0.169. The molecule has 1 N–H and O–H groups in total. The van der Waals surface area contributed by atoms with Crippen molar-refractivity contribution in [3.8, 4) is 0 Å². The van der Waals surface area contributed by atoms with Gasteiger partial charge >= 0.3 is 0 Å². The molecule has 2 saturated heterocycles. The Balaban J connectivity index is 0.00000169. The van der Waals surface area contributed by atoms with Gasteiger partial charge in [0.1, 0.15) is 5.82 Å². The molecule has 2 fully saturated rings. The van der Waals surface area contributed by atoms with Gasteiger partial charge in [-0.3, -0.25) is 9.80 Å². The summed E-state index contributed by atoms with van der Waals surface area (Å²) in [4.78, 5) is 9.97. The molecule has 0 saturated carbocycles. The molecule has 0 bridgehead atoms. The normalized spacial score (nSPS) is 22.8. The first-order chi connectivity index (χ1) is 11.2. The Bertz CT molecular complexity index is 696. The van der Waals surface area contributed by atoms with Gasteiger partial charge in [-0.05, 0) is 24.6 Å². The van der Waals surface area contributed by atoms with Crippen molar-refractivity contribution in [1.82, 2.24) is 24.7 Å². The number of piperazine rings is 1. The Morgan fingerprint density at radius 2 is 2.04 bits per heavy atom. The Morgan fingerprint density at radius 1 is 1.25 bits per heavy atom. The highest BCUT2D eigenvalue weighted by molar-refractivity contribution is 6.31. The zero-order valence-electron chi connectivity index (χ0n) is 14.0. The first-order valence-corrected chi connectivity index (χ1v) is 8.86. The maximum Gasteiger partial charge on any atom is 0.123 e. The fourth-order valence-corrected chi connectivity index (χ4v) is 4.03. The summed E-state index contributed by atoms with van der Waals surface area (Å²) in [5.41, 5.74) is 2.15. The second-order valence-corrected chi connectivity index (χ2v) is 7.12. The number of halogens is 2. The maximum absolute atomic E-state index is 6.09. The molecular formula is C17H25Cl2N5. The van der Waals surface area contributed by atoms with Crippen LogP contribution in [0, 0.1) is 0 Å². The third kappa shape index (κ3) is 3.55. The van der Waals surface area contributed by atoms with Crippen molar-refractivity contribution >= 4 is 35.0 Å². The number of fused-ring (bicyclic) bond motifs is 1. The predicted octanol–water partition coefficient (Wildman–Crippen LogP) is 2.13. The highest BCUT2D eigenvalue weighted by Crippen LogP contribution is 2.22. The van der Waals surface area contributed by atoms with Crippen molar-refractivity contribution in [2.45, 2.75) is 19.0 Å². The van der Waals surface area contributed by atoms with Gasteiger partial charge in [-0.15, -0.1) is 12.4 Å². The van der Waals surface area contributed by atoms with Crippen LogP contribution >= 0.6 is 24.0 Å². The van der Waals surface area contributed by atoms with Gasteiger partial charge < -0.3 is 9.88 Å². The van der Waals surface area contributed by atoms with Gasteiger partial charge in [-0.25, -0.2) is 4.98 Å². The molecule has 0 spiro atoms. The molecule has 2 aromatic rings. The summed E-state index contributed by atoms with van der Waals surface area (Å²) in [6.07, 6.45) is 1.27. The summed E-state index contributed by atoms with van der Waals surface area (Å²) in [6, 6.07) is 6.66. The van der Waals surface area contributed by atoms with Crippen LogP contribution in [0.1, 0.15) is 12.2 Å². The van der Waals surface area contributed by atoms with Crippen molar-refractivity contribution in [2.24, 2.45) is 7.05 Å².